The molecule has 8 heteroatoms. The van der Waals surface area contributed by atoms with Crippen LogP contribution in [-0.2, 0) is 6.54 Å². The van der Waals surface area contributed by atoms with Gasteiger partial charge in [0.25, 0.3) is 0 Å². The van der Waals surface area contributed by atoms with Gasteiger partial charge in [0, 0.05) is 61.0 Å². The Morgan fingerprint density at radius 2 is 1.84 bits per heavy atom. The molecular formula is C23H22F2N6. The molecule has 31 heavy (non-hydrogen) atoms. The van der Waals surface area contributed by atoms with Crippen molar-refractivity contribution in [1.29, 1.82) is 0 Å². The van der Waals surface area contributed by atoms with E-state index in [2.05, 4.69) is 36.0 Å². The van der Waals surface area contributed by atoms with Crippen LogP contribution >= 0.6 is 0 Å². The highest BCUT2D eigenvalue weighted by atomic mass is 19.1. The van der Waals surface area contributed by atoms with Crippen LogP contribution in [0.4, 0.5) is 14.6 Å². The molecule has 5 rings (SSSR count). The predicted octanol–water partition coefficient (Wildman–Crippen LogP) is 3.93. The van der Waals surface area contributed by atoms with Gasteiger partial charge in [0.1, 0.15) is 23.8 Å². The third-order valence-electron chi connectivity index (χ3n) is 5.84. The lowest BCUT2D eigenvalue weighted by atomic mass is 10.0. The molecule has 1 aliphatic rings. The van der Waals surface area contributed by atoms with Crippen molar-refractivity contribution in [2.24, 2.45) is 0 Å². The molecule has 0 amide bonds. The largest absolute Gasteiger partial charge is 0.353 e. The molecule has 0 spiro atoms. The van der Waals surface area contributed by atoms with Gasteiger partial charge in [-0.25, -0.2) is 18.7 Å². The molecule has 0 saturated carbocycles. The standard InChI is InChI=1S/C23H22F2N6/c1-15-20(12-28-29-15)16-3-5-22-19(10-16)23(27-14-26-22)31-8-6-30(7-9-31)13-17-2-4-18(24)11-21(17)25/h2-5,10-12,14H,6-9,13H2,1H3,(H,28,29). The minimum absolute atomic E-state index is 0.467. The summed E-state index contributed by atoms with van der Waals surface area (Å²) in [4.78, 5) is 13.4. The summed E-state index contributed by atoms with van der Waals surface area (Å²) in [7, 11) is 0. The molecule has 0 bridgehead atoms. The normalized spacial score (nSPS) is 15.0. The van der Waals surface area contributed by atoms with E-state index in [0.29, 0.717) is 12.1 Å². The highest BCUT2D eigenvalue weighted by molar-refractivity contribution is 5.93. The van der Waals surface area contributed by atoms with Crippen LogP contribution < -0.4 is 4.90 Å². The van der Waals surface area contributed by atoms with Gasteiger partial charge in [-0.15, -0.1) is 0 Å². The van der Waals surface area contributed by atoms with E-state index in [4.69, 9.17) is 0 Å². The first-order valence-electron chi connectivity index (χ1n) is 10.2. The van der Waals surface area contributed by atoms with Crippen molar-refractivity contribution in [3.05, 3.63) is 71.8 Å². The number of nitrogens with zero attached hydrogens (tertiary/aromatic N) is 5. The minimum Gasteiger partial charge on any atom is -0.353 e. The Morgan fingerprint density at radius 1 is 1.00 bits per heavy atom. The Bertz CT molecular complexity index is 1230. The van der Waals surface area contributed by atoms with Gasteiger partial charge in [-0.1, -0.05) is 12.1 Å². The second-order valence-corrected chi connectivity index (χ2v) is 7.84. The van der Waals surface area contributed by atoms with Crippen molar-refractivity contribution in [3.8, 4) is 11.1 Å². The summed E-state index contributed by atoms with van der Waals surface area (Å²) in [5, 5.41) is 8.10. The van der Waals surface area contributed by atoms with Crippen LogP contribution in [0.5, 0.6) is 0 Å². The number of rotatable bonds is 4. The van der Waals surface area contributed by atoms with Crippen LogP contribution in [0.1, 0.15) is 11.3 Å². The summed E-state index contributed by atoms with van der Waals surface area (Å²) in [6.45, 7) is 5.53. The van der Waals surface area contributed by atoms with Crippen molar-refractivity contribution in [1.82, 2.24) is 25.1 Å². The third kappa shape index (κ3) is 3.86. The number of hydrogen-bond acceptors (Lipinski definition) is 5. The fraction of sp³-hybridized carbons (Fsp3) is 0.261. The number of fused-ring (bicyclic) bond motifs is 1. The summed E-state index contributed by atoms with van der Waals surface area (Å²) < 4.78 is 27.2. The molecule has 2 aromatic heterocycles. The van der Waals surface area contributed by atoms with E-state index in [0.717, 1.165) is 65.8 Å². The highest BCUT2D eigenvalue weighted by Crippen LogP contribution is 2.30. The molecule has 0 atom stereocenters. The summed E-state index contributed by atoms with van der Waals surface area (Å²) >= 11 is 0. The van der Waals surface area contributed by atoms with Crippen LogP contribution in [-0.4, -0.2) is 51.2 Å². The fourth-order valence-corrected chi connectivity index (χ4v) is 4.11. The van der Waals surface area contributed by atoms with Gasteiger partial charge in [0.15, 0.2) is 0 Å². The summed E-state index contributed by atoms with van der Waals surface area (Å²) in [6.07, 6.45) is 3.42. The molecule has 1 N–H and O–H groups in total. The van der Waals surface area contributed by atoms with Gasteiger partial charge in [-0.3, -0.25) is 10.00 Å². The topological polar surface area (TPSA) is 60.9 Å². The molecule has 0 radical (unpaired) electrons. The zero-order chi connectivity index (χ0) is 21.4. The van der Waals surface area contributed by atoms with Gasteiger partial charge >= 0.3 is 0 Å². The van der Waals surface area contributed by atoms with E-state index in [1.165, 1.54) is 12.1 Å². The monoisotopic (exact) mass is 420 g/mol. The second-order valence-electron chi connectivity index (χ2n) is 7.84. The lowest BCUT2D eigenvalue weighted by Gasteiger charge is -2.35. The maximum Gasteiger partial charge on any atom is 0.139 e. The van der Waals surface area contributed by atoms with E-state index >= 15 is 0 Å². The van der Waals surface area contributed by atoms with E-state index in [1.807, 2.05) is 25.3 Å². The van der Waals surface area contributed by atoms with E-state index in [1.54, 1.807) is 6.33 Å². The highest BCUT2D eigenvalue weighted by Gasteiger charge is 2.21. The number of aryl methyl sites for hydroxylation is 1. The first-order valence-corrected chi connectivity index (χ1v) is 10.2. The maximum atomic E-state index is 14.0. The molecule has 2 aromatic carbocycles. The first kappa shape index (κ1) is 19.6. The number of nitrogens with one attached hydrogen (secondary N) is 1. The fourth-order valence-electron chi connectivity index (χ4n) is 4.11. The van der Waals surface area contributed by atoms with Gasteiger partial charge < -0.3 is 4.90 Å². The number of halogens is 2. The predicted molar refractivity (Wildman–Crippen MR) is 116 cm³/mol. The van der Waals surface area contributed by atoms with Crippen LogP contribution in [0.3, 0.4) is 0 Å². The average Bonchev–Trinajstić information content (AvgIpc) is 3.21. The third-order valence-corrected chi connectivity index (χ3v) is 5.84. The molecule has 3 heterocycles. The Hall–Kier alpha value is -3.39. The number of H-pyrrole nitrogens is 1. The van der Waals surface area contributed by atoms with Crippen LogP contribution in [0.15, 0.2) is 48.9 Å². The molecule has 158 valence electrons. The molecular weight excluding hydrogens is 398 g/mol. The van der Waals surface area contributed by atoms with Crippen molar-refractivity contribution < 1.29 is 8.78 Å². The Morgan fingerprint density at radius 3 is 2.58 bits per heavy atom. The Kier molecular flexibility index (Phi) is 5.07. The molecule has 1 saturated heterocycles. The number of hydrogen-bond donors (Lipinski definition) is 1. The van der Waals surface area contributed by atoms with E-state index in [-0.39, 0.29) is 0 Å². The van der Waals surface area contributed by atoms with E-state index < -0.39 is 11.6 Å². The molecule has 0 unspecified atom stereocenters. The van der Waals surface area contributed by atoms with Crippen molar-refractivity contribution in [3.63, 3.8) is 0 Å². The molecule has 1 fully saturated rings. The first-order chi connectivity index (χ1) is 15.1. The zero-order valence-corrected chi connectivity index (χ0v) is 17.1. The van der Waals surface area contributed by atoms with Gasteiger partial charge in [0.05, 0.1) is 11.7 Å². The number of aromatic amines is 1. The maximum absolute atomic E-state index is 14.0. The van der Waals surface area contributed by atoms with Crippen LogP contribution in [0.2, 0.25) is 0 Å². The lowest BCUT2D eigenvalue weighted by molar-refractivity contribution is 0.246. The second kappa shape index (κ2) is 8.03. The van der Waals surface area contributed by atoms with Crippen LogP contribution in [0.25, 0.3) is 22.0 Å². The number of piperazine rings is 1. The van der Waals surface area contributed by atoms with Crippen molar-refractivity contribution in [2.75, 3.05) is 31.1 Å². The van der Waals surface area contributed by atoms with Gasteiger partial charge in [-0.2, -0.15) is 5.10 Å². The van der Waals surface area contributed by atoms with Gasteiger partial charge in [0.2, 0.25) is 0 Å². The minimum atomic E-state index is -0.549. The van der Waals surface area contributed by atoms with Crippen molar-refractivity contribution in [2.45, 2.75) is 13.5 Å². The van der Waals surface area contributed by atoms with Crippen LogP contribution in [0, 0.1) is 18.6 Å². The quantitative estimate of drug-likeness (QED) is 0.542. The SMILES string of the molecule is Cc1[nH]ncc1-c1ccc2ncnc(N3CCN(Cc4ccc(F)cc4F)CC3)c2c1. The summed E-state index contributed by atoms with van der Waals surface area (Å²) in [5.41, 5.74) is 4.55. The van der Waals surface area contributed by atoms with Crippen molar-refractivity contribution >= 4 is 16.7 Å². The smallest absolute Gasteiger partial charge is 0.139 e. The molecule has 6 nitrogen and oxygen atoms in total. The van der Waals surface area contributed by atoms with Gasteiger partial charge in [-0.05, 0) is 30.7 Å². The lowest BCUT2D eigenvalue weighted by Crippen LogP contribution is -2.46. The number of benzene rings is 2. The Balaban J connectivity index is 1.36. The number of aromatic nitrogens is 4. The zero-order valence-electron chi connectivity index (χ0n) is 17.1. The average molecular weight is 420 g/mol. The molecule has 1 aliphatic heterocycles. The summed E-state index contributed by atoms with van der Waals surface area (Å²) in [6, 6.07) is 9.94. The van der Waals surface area contributed by atoms with E-state index in [9.17, 15) is 8.78 Å². The number of anilines is 1. The Labute approximate surface area is 178 Å². The molecule has 0 aliphatic carbocycles. The molecule has 4 aromatic rings. The summed E-state index contributed by atoms with van der Waals surface area (Å²) in [5.74, 6) is -0.140.